The molecule has 1 aliphatic heterocycles. The van der Waals surface area contributed by atoms with Gasteiger partial charge in [0.05, 0.1) is 11.7 Å². The van der Waals surface area contributed by atoms with Gasteiger partial charge in [-0.05, 0) is 42.5 Å². The van der Waals surface area contributed by atoms with Crippen molar-refractivity contribution in [3.8, 4) is 11.1 Å². The van der Waals surface area contributed by atoms with E-state index >= 15 is 0 Å². The first-order chi connectivity index (χ1) is 23.0. The van der Waals surface area contributed by atoms with Crippen molar-refractivity contribution in [2.75, 3.05) is 38.1 Å². The summed E-state index contributed by atoms with van der Waals surface area (Å²) in [6.45, 7) is 23.1. The molecule has 2 atom stereocenters. The zero-order valence-corrected chi connectivity index (χ0v) is 33.0. The number of likely N-dealkylation sites (tertiary alicyclic amines) is 1. The zero-order chi connectivity index (χ0) is 35.6. The van der Waals surface area contributed by atoms with Crippen LogP contribution in [0.25, 0.3) is 27.7 Å². The van der Waals surface area contributed by atoms with E-state index in [9.17, 15) is 9.90 Å². The number of piperidine rings is 1. The van der Waals surface area contributed by atoms with E-state index in [4.69, 9.17) is 24.5 Å². The van der Waals surface area contributed by atoms with Gasteiger partial charge in [0.1, 0.15) is 19.3 Å². The van der Waals surface area contributed by atoms with Gasteiger partial charge in [-0.1, -0.05) is 78.3 Å². The summed E-state index contributed by atoms with van der Waals surface area (Å²) in [4.78, 5) is 26.1. The number of pyridine rings is 1. The Kier molecular flexibility index (Phi) is 11.2. The van der Waals surface area contributed by atoms with Crippen LogP contribution >= 0.6 is 0 Å². The standard InChI is InChI=1S/C37H56N6O4Si2/c1-37(2,3)33-21-28(14-15-42(33)36(44)45)32-22-34(41(25-46-16-18-48(4,5)6)26-47-17-19-49(7,8)9)43-35(40-32)30(24-39-43)29-20-27-12-10-11-13-31(27)38-23-29/h10-13,20,22-24,28,33H,14-19,21,25-26H2,1-9H3,(H,44,45). The fourth-order valence-electron chi connectivity index (χ4n) is 6.38. The Morgan fingerprint density at radius 2 is 1.63 bits per heavy atom. The highest BCUT2D eigenvalue weighted by Crippen LogP contribution is 2.40. The second-order valence-electron chi connectivity index (χ2n) is 17.1. The molecule has 1 fully saturated rings. The number of ether oxygens (including phenoxy) is 2. The van der Waals surface area contributed by atoms with Gasteiger partial charge in [0.15, 0.2) is 5.65 Å². The summed E-state index contributed by atoms with van der Waals surface area (Å²) >= 11 is 0. The van der Waals surface area contributed by atoms with Crippen LogP contribution in [0, 0.1) is 5.41 Å². The van der Waals surface area contributed by atoms with E-state index in [1.807, 2.05) is 35.1 Å². The number of hydrogen-bond acceptors (Lipinski definition) is 7. The van der Waals surface area contributed by atoms with Crippen LogP contribution in [-0.2, 0) is 9.47 Å². The predicted octanol–water partition coefficient (Wildman–Crippen LogP) is 8.65. The lowest BCUT2D eigenvalue weighted by atomic mass is 9.76. The molecule has 49 heavy (non-hydrogen) atoms. The number of nitrogens with zero attached hydrogens (tertiary/aromatic N) is 6. The molecular formula is C37H56N6O4Si2. The molecule has 1 aliphatic rings. The average Bonchev–Trinajstić information content (AvgIpc) is 3.46. The van der Waals surface area contributed by atoms with Gasteiger partial charge < -0.3 is 24.4 Å². The molecule has 1 N–H and O–H groups in total. The van der Waals surface area contributed by atoms with Crippen LogP contribution in [0.4, 0.5) is 10.6 Å². The van der Waals surface area contributed by atoms with Gasteiger partial charge in [0, 0.05) is 82.3 Å². The van der Waals surface area contributed by atoms with Gasteiger partial charge in [0.25, 0.3) is 0 Å². The largest absolute Gasteiger partial charge is 0.465 e. The van der Waals surface area contributed by atoms with Crippen molar-refractivity contribution < 1.29 is 19.4 Å². The van der Waals surface area contributed by atoms with Crippen LogP contribution in [0.3, 0.4) is 0 Å². The maximum absolute atomic E-state index is 12.3. The summed E-state index contributed by atoms with van der Waals surface area (Å²) in [6.07, 6.45) is 4.30. The quantitative estimate of drug-likeness (QED) is 0.0838. The van der Waals surface area contributed by atoms with Crippen LogP contribution < -0.4 is 4.90 Å². The minimum atomic E-state index is -1.28. The fourth-order valence-corrected chi connectivity index (χ4v) is 7.89. The van der Waals surface area contributed by atoms with E-state index < -0.39 is 22.2 Å². The van der Waals surface area contributed by atoms with E-state index in [2.05, 4.69) is 83.2 Å². The molecule has 0 spiro atoms. The highest BCUT2D eigenvalue weighted by Gasteiger charge is 2.40. The molecule has 0 aliphatic carbocycles. The van der Waals surface area contributed by atoms with Crippen molar-refractivity contribution in [2.45, 2.75) is 96.9 Å². The van der Waals surface area contributed by atoms with E-state index in [1.54, 1.807) is 4.90 Å². The zero-order valence-electron chi connectivity index (χ0n) is 31.0. The predicted molar refractivity (Wildman–Crippen MR) is 204 cm³/mol. The van der Waals surface area contributed by atoms with Crippen molar-refractivity contribution in [3.05, 3.63) is 54.5 Å². The fraction of sp³-hybridized carbons (Fsp3) is 0.568. The number of aromatic nitrogens is 4. The second kappa shape index (κ2) is 14.9. The smallest absolute Gasteiger partial charge is 0.407 e. The Bertz CT molecular complexity index is 1720. The summed E-state index contributed by atoms with van der Waals surface area (Å²) in [7, 11) is -2.55. The number of hydrogen-bond donors (Lipinski definition) is 1. The molecule has 1 aromatic carbocycles. The number of rotatable bonds is 13. The minimum absolute atomic E-state index is 0.0727. The first kappa shape index (κ1) is 36.9. The highest BCUT2D eigenvalue weighted by atomic mass is 28.3. The number of benzene rings is 1. The summed E-state index contributed by atoms with van der Waals surface area (Å²) in [6, 6.07) is 14.4. The number of carboxylic acid groups (broad SMARTS) is 1. The Morgan fingerprint density at radius 3 is 2.24 bits per heavy atom. The molecular weight excluding hydrogens is 649 g/mol. The Morgan fingerprint density at radius 1 is 0.980 bits per heavy atom. The minimum Gasteiger partial charge on any atom is -0.465 e. The van der Waals surface area contributed by atoms with Crippen molar-refractivity contribution >= 4 is 44.6 Å². The first-order valence-electron chi connectivity index (χ1n) is 17.6. The molecule has 0 radical (unpaired) electrons. The number of anilines is 1. The maximum atomic E-state index is 12.3. The van der Waals surface area contributed by atoms with E-state index in [-0.39, 0.29) is 17.4 Å². The van der Waals surface area contributed by atoms with Crippen LogP contribution in [0.2, 0.25) is 51.4 Å². The Balaban J connectivity index is 1.58. The third kappa shape index (κ3) is 9.47. The van der Waals surface area contributed by atoms with Gasteiger partial charge in [-0.2, -0.15) is 9.61 Å². The lowest BCUT2D eigenvalue weighted by Gasteiger charge is -2.44. The normalized spacial score (nSPS) is 17.6. The lowest BCUT2D eigenvalue weighted by molar-refractivity contribution is 0.0521. The lowest BCUT2D eigenvalue weighted by Crippen LogP contribution is -2.51. The second-order valence-corrected chi connectivity index (χ2v) is 28.3. The molecule has 266 valence electrons. The van der Waals surface area contributed by atoms with E-state index in [0.717, 1.165) is 51.3 Å². The van der Waals surface area contributed by atoms with Crippen molar-refractivity contribution in [1.29, 1.82) is 0 Å². The topological polar surface area (TPSA) is 105 Å². The Labute approximate surface area is 293 Å². The Hall–Kier alpha value is -3.33. The van der Waals surface area contributed by atoms with E-state index in [1.165, 1.54) is 0 Å². The number of fused-ring (bicyclic) bond motifs is 2. The van der Waals surface area contributed by atoms with Crippen LogP contribution in [0.5, 0.6) is 0 Å². The van der Waals surface area contributed by atoms with Crippen molar-refractivity contribution in [2.24, 2.45) is 5.41 Å². The molecule has 12 heteroatoms. The summed E-state index contributed by atoms with van der Waals surface area (Å²) in [5.74, 6) is 0.928. The van der Waals surface area contributed by atoms with E-state index in [0.29, 0.717) is 46.1 Å². The molecule has 3 aromatic heterocycles. The molecule has 10 nitrogen and oxygen atoms in total. The first-order valence-corrected chi connectivity index (χ1v) is 25.1. The van der Waals surface area contributed by atoms with Crippen LogP contribution in [0.15, 0.2) is 48.8 Å². The van der Waals surface area contributed by atoms with Gasteiger partial charge in [0.2, 0.25) is 0 Å². The molecule has 0 bridgehead atoms. The maximum Gasteiger partial charge on any atom is 0.407 e. The molecule has 4 aromatic rings. The van der Waals surface area contributed by atoms with Crippen LogP contribution in [0.1, 0.15) is 45.2 Å². The summed E-state index contributed by atoms with van der Waals surface area (Å²) < 4.78 is 14.6. The number of amides is 1. The average molecular weight is 705 g/mol. The summed E-state index contributed by atoms with van der Waals surface area (Å²) in [5.41, 5.74) is 4.24. The molecule has 0 saturated carbocycles. The molecule has 4 heterocycles. The highest BCUT2D eigenvalue weighted by molar-refractivity contribution is 6.76. The van der Waals surface area contributed by atoms with Crippen molar-refractivity contribution in [1.82, 2.24) is 24.5 Å². The number of carbonyl (C=O) groups is 1. The van der Waals surface area contributed by atoms with Crippen LogP contribution in [-0.4, -0.2) is 91.1 Å². The number of para-hydroxylation sites is 1. The molecule has 1 amide bonds. The summed E-state index contributed by atoms with van der Waals surface area (Å²) in [5, 5.41) is 16.0. The van der Waals surface area contributed by atoms with Gasteiger partial charge in [-0.25, -0.2) is 9.78 Å². The third-order valence-corrected chi connectivity index (χ3v) is 12.9. The molecule has 1 saturated heterocycles. The third-order valence-electron chi connectivity index (χ3n) is 9.45. The van der Waals surface area contributed by atoms with Gasteiger partial charge >= 0.3 is 6.09 Å². The molecule has 5 rings (SSSR count). The molecule has 2 unspecified atom stereocenters. The SMILES string of the molecule is CC(C)(C)C1CC(c2cc(N(COCC[Si](C)(C)C)COCC[Si](C)(C)C)n3ncc(-c4cnc5ccccc5c4)c3n2)CCN1C(=O)O. The monoisotopic (exact) mass is 704 g/mol. The van der Waals surface area contributed by atoms with Gasteiger partial charge in [-0.3, -0.25) is 4.98 Å². The van der Waals surface area contributed by atoms with Crippen molar-refractivity contribution in [3.63, 3.8) is 0 Å². The van der Waals surface area contributed by atoms with Gasteiger partial charge in [-0.15, -0.1) is 0 Å².